The molecule has 2 aliphatic rings. The predicted octanol–water partition coefficient (Wildman–Crippen LogP) is 2.79. The number of piperidine rings is 1. The third-order valence-electron chi connectivity index (χ3n) is 7.36. The van der Waals surface area contributed by atoms with Gasteiger partial charge in [-0.05, 0) is 49.8 Å². The second-order valence-electron chi connectivity index (χ2n) is 9.93. The van der Waals surface area contributed by atoms with E-state index in [1.165, 1.54) is 16.6 Å². The van der Waals surface area contributed by atoms with Crippen LogP contribution in [0.25, 0.3) is 0 Å². The molecule has 4 rings (SSSR count). The Hall–Kier alpha value is -2.86. The Bertz CT molecular complexity index is 1240. The number of aromatic nitrogens is 3. The summed E-state index contributed by atoms with van der Waals surface area (Å²) in [6.45, 7) is 2.27. The monoisotopic (exact) mass is 535 g/mol. The highest BCUT2D eigenvalue weighted by Crippen LogP contribution is 2.28. The van der Waals surface area contributed by atoms with Crippen LogP contribution < -0.4 is 0 Å². The summed E-state index contributed by atoms with van der Waals surface area (Å²) in [6.07, 6.45) is 8.88. The molecule has 0 aliphatic carbocycles. The van der Waals surface area contributed by atoms with Crippen molar-refractivity contribution in [3.8, 4) is 0 Å². The van der Waals surface area contributed by atoms with E-state index < -0.39 is 21.8 Å². The highest BCUT2D eigenvalue weighted by molar-refractivity contribution is 7.88. The molecule has 3 heterocycles. The number of rotatable bonds is 10. The van der Waals surface area contributed by atoms with Crippen LogP contribution in [-0.2, 0) is 34.3 Å². The molecule has 1 saturated heterocycles. The summed E-state index contributed by atoms with van der Waals surface area (Å²) < 4.78 is 41.0. The van der Waals surface area contributed by atoms with Crippen LogP contribution in [0.2, 0.25) is 0 Å². The molecule has 1 fully saturated rings. The summed E-state index contributed by atoms with van der Waals surface area (Å²) in [7, 11) is -3.14. The maximum absolute atomic E-state index is 14.3. The van der Waals surface area contributed by atoms with Crippen LogP contribution in [0.5, 0.6) is 0 Å². The zero-order valence-corrected chi connectivity index (χ0v) is 21.9. The Morgan fingerprint density at radius 2 is 1.81 bits per heavy atom. The van der Waals surface area contributed by atoms with Gasteiger partial charge >= 0.3 is 5.97 Å². The predicted molar refractivity (Wildman–Crippen MR) is 134 cm³/mol. The molecule has 12 heteroatoms. The maximum atomic E-state index is 14.3. The van der Waals surface area contributed by atoms with Crippen molar-refractivity contribution in [3.63, 3.8) is 0 Å². The first-order valence-electron chi connectivity index (χ1n) is 12.8. The second kappa shape index (κ2) is 11.7. The number of carbonyl (C=O) groups is 2. The number of aryl methyl sites for hydroxylation is 1. The molecule has 1 aromatic carbocycles. The van der Waals surface area contributed by atoms with Crippen molar-refractivity contribution >= 4 is 21.9 Å². The van der Waals surface area contributed by atoms with Gasteiger partial charge in [-0.1, -0.05) is 18.1 Å². The molecule has 202 valence electrons. The van der Waals surface area contributed by atoms with E-state index in [-0.39, 0.29) is 23.9 Å². The fourth-order valence-electron chi connectivity index (χ4n) is 5.21. The first-order chi connectivity index (χ1) is 17.6. The van der Waals surface area contributed by atoms with Gasteiger partial charge in [0.1, 0.15) is 5.82 Å². The van der Waals surface area contributed by atoms with Gasteiger partial charge in [0, 0.05) is 56.8 Å². The fraction of sp³-hybridized carbons (Fsp3) is 0.600. The van der Waals surface area contributed by atoms with Crippen molar-refractivity contribution in [1.82, 2.24) is 24.2 Å². The van der Waals surface area contributed by atoms with E-state index in [4.69, 9.17) is 0 Å². The van der Waals surface area contributed by atoms with Gasteiger partial charge in [0.15, 0.2) is 0 Å². The zero-order valence-electron chi connectivity index (χ0n) is 21.1. The maximum Gasteiger partial charge on any atom is 0.335 e. The molecule has 0 saturated carbocycles. The third kappa shape index (κ3) is 6.72. The largest absolute Gasteiger partial charge is 0.478 e. The molecule has 1 aromatic heterocycles. The minimum Gasteiger partial charge on any atom is -0.478 e. The van der Waals surface area contributed by atoms with E-state index in [1.807, 2.05) is 10.9 Å². The quantitative estimate of drug-likeness (QED) is 0.464. The standard InChI is InChI=1S/C25H34FN5O5S/c1-37(35,36)31-14-9-18(10-15-31)23-17-30(28-27-23)12-5-3-2-4-6-24(32)29-13-11-19-20(25(33)34)7-8-22(26)21(19)16-29/h7-8,17-18H,2-6,9-16H2,1H3,(H,33,34). The van der Waals surface area contributed by atoms with E-state index in [0.717, 1.165) is 56.8 Å². The highest BCUT2D eigenvalue weighted by atomic mass is 32.2. The average Bonchev–Trinajstić information content (AvgIpc) is 3.34. The van der Waals surface area contributed by atoms with E-state index in [0.29, 0.717) is 43.6 Å². The van der Waals surface area contributed by atoms with E-state index in [2.05, 4.69) is 10.3 Å². The van der Waals surface area contributed by atoms with Gasteiger partial charge in [0.05, 0.1) is 17.5 Å². The number of fused-ring (bicyclic) bond motifs is 1. The molecule has 0 bridgehead atoms. The zero-order chi connectivity index (χ0) is 26.6. The molecule has 1 amide bonds. The fourth-order valence-corrected chi connectivity index (χ4v) is 6.08. The number of sulfonamides is 1. The van der Waals surface area contributed by atoms with Crippen LogP contribution in [0.4, 0.5) is 4.39 Å². The number of amides is 1. The van der Waals surface area contributed by atoms with Crippen LogP contribution >= 0.6 is 0 Å². The topological polar surface area (TPSA) is 126 Å². The normalized spacial score (nSPS) is 17.1. The Kier molecular flexibility index (Phi) is 8.58. The van der Waals surface area contributed by atoms with Gasteiger partial charge in [-0.3, -0.25) is 9.48 Å². The molecule has 0 spiro atoms. The SMILES string of the molecule is CS(=O)(=O)N1CCC(c2cn(CCCCCCC(=O)N3CCc4c(C(=O)O)ccc(F)c4C3)nn2)CC1. The molecule has 2 aromatic rings. The number of carbonyl (C=O) groups excluding carboxylic acids is 1. The van der Waals surface area contributed by atoms with Crippen molar-refractivity contribution in [2.45, 2.75) is 70.4 Å². The van der Waals surface area contributed by atoms with Crippen LogP contribution in [-0.4, -0.2) is 75.5 Å². The van der Waals surface area contributed by atoms with Gasteiger partial charge in [-0.15, -0.1) is 5.10 Å². The summed E-state index contributed by atoms with van der Waals surface area (Å²) in [6, 6.07) is 2.45. The van der Waals surface area contributed by atoms with Crippen LogP contribution in [0.15, 0.2) is 18.3 Å². The third-order valence-corrected chi connectivity index (χ3v) is 8.67. The van der Waals surface area contributed by atoms with Crippen LogP contribution in [0.1, 0.15) is 78.0 Å². The summed E-state index contributed by atoms with van der Waals surface area (Å²) in [4.78, 5) is 25.7. The van der Waals surface area contributed by atoms with Crippen molar-refractivity contribution in [2.75, 3.05) is 25.9 Å². The molecule has 37 heavy (non-hydrogen) atoms. The van der Waals surface area contributed by atoms with Gasteiger partial charge in [-0.25, -0.2) is 21.9 Å². The van der Waals surface area contributed by atoms with Gasteiger partial charge in [0.25, 0.3) is 0 Å². The molecular formula is C25H34FN5O5S. The Balaban J connectivity index is 1.15. The lowest BCUT2D eigenvalue weighted by molar-refractivity contribution is -0.132. The van der Waals surface area contributed by atoms with Gasteiger partial charge < -0.3 is 10.0 Å². The molecule has 0 radical (unpaired) electrons. The molecule has 0 unspecified atom stereocenters. The summed E-state index contributed by atoms with van der Waals surface area (Å²) in [5.74, 6) is -1.35. The van der Waals surface area contributed by atoms with Crippen molar-refractivity contribution in [3.05, 3.63) is 46.5 Å². The van der Waals surface area contributed by atoms with Crippen molar-refractivity contribution in [1.29, 1.82) is 0 Å². The van der Waals surface area contributed by atoms with Crippen molar-refractivity contribution in [2.24, 2.45) is 0 Å². The molecule has 0 atom stereocenters. The minimum absolute atomic E-state index is 0.0337. The number of carboxylic acids is 1. The number of aromatic carboxylic acids is 1. The lowest BCUT2D eigenvalue weighted by Crippen LogP contribution is -2.37. The van der Waals surface area contributed by atoms with Gasteiger partial charge in [-0.2, -0.15) is 0 Å². The van der Waals surface area contributed by atoms with Crippen LogP contribution in [0.3, 0.4) is 0 Å². The molecule has 10 nitrogen and oxygen atoms in total. The van der Waals surface area contributed by atoms with E-state index in [9.17, 15) is 27.5 Å². The number of hydrogen-bond donors (Lipinski definition) is 1. The highest BCUT2D eigenvalue weighted by Gasteiger charge is 2.28. The summed E-state index contributed by atoms with van der Waals surface area (Å²) in [5.41, 5.74) is 1.83. The van der Waals surface area contributed by atoms with Gasteiger partial charge in [0.2, 0.25) is 15.9 Å². The Labute approximate surface area is 216 Å². The Morgan fingerprint density at radius 3 is 2.51 bits per heavy atom. The first kappa shape index (κ1) is 27.2. The number of hydrogen-bond acceptors (Lipinski definition) is 6. The van der Waals surface area contributed by atoms with Crippen LogP contribution in [0, 0.1) is 5.82 Å². The Morgan fingerprint density at radius 1 is 1.08 bits per heavy atom. The lowest BCUT2D eigenvalue weighted by Gasteiger charge is -2.30. The van der Waals surface area contributed by atoms with E-state index >= 15 is 0 Å². The summed E-state index contributed by atoms with van der Waals surface area (Å²) >= 11 is 0. The molecule has 2 aliphatic heterocycles. The number of nitrogens with zero attached hydrogens (tertiary/aromatic N) is 5. The first-order valence-corrected chi connectivity index (χ1v) is 14.6. The lowest BCUT2D eigenvalue weighted by atomic mass is 9.93. The van der Waals surface area contributed by atoms with E-state index in [1.54, 1.807) is 4.90 Å². The molecular weight excluding hydrogens is 501 g/mol. The summed E-state index contributed by atoms with van der Waals surface area (Å²) in [5, 5.41) is 17.8. The second-order valence-corrected chi connectivity index (χ2v) is 11.9. The average molecular weight is 536 g/mol. The number of halogens is 1. The molecule has 1 N–H and O–H groups in total. The number of carboxylic acid groups (broad SMARTS) is 1. The number of benzene rings is 1. The smallest absolute Gasteiger partial charge is 0.335 e. The van der Waals surface area contributed by atoms with Crippen molar-refractivity contribution < 1.29 is 27.5 Å². The minimum atomic E-state index is -3.14. The number of unbranched alkanes of at least 4 members (excludes halogenated alkanes) is 3.